The first-order valence-electron chi connectivity index (χ1n) is 4.91. The SMILES string of the molecule is CSCC[C@@H]1NC(=O)N(c2cccs2)C1=O. The fourth-order valence-corrected chi connectivity index (χ4v) is 2.77. The molecule has 4 nitrogen and oxygen atoms in total. The van der Waals surface area contributed by atoms with E-state index in [2.05, 4.69) is 5.32 Å². The van der Waals surface area contributed by atoms with E-state index in [1.165, 1.54) is 16.2 Å². The zero-order chi connectivity index (χ0) is 11.5. The summed E-state index contributed by atoms with van der Waals surface area (Å²) in [6.45, 7) is 0. The Kier molecular flexibility index (Phi) is 3.50. The van der Waals surface area contributed by atoms with Gasteiger partial charge in [-0.2, -0.15) is 11.8 Å². The zero-order valence-electron chi connectivity index (χ0n) is 8.80. The number of hydrogen-bond acceptors (Lipinski definition) is 4. The van der Waals surface area contributed by atoms with Crippen LogP contribution < -0.4 is 10.2 Å². The summed E-state index contributed by atoms with van der Waals surface area (Å²) in [4.78, 5) is 24.8. The number of thiophene rings is 1. The fourth-order valence-electron chi connectivity index (χ4n) is 1.57. The monoisotopic (exact) mass is 256 g/mol. The molecular weight excluding hydrogens is 244 g/mol. The van der Waals surface area contributed by atoms with Gasteiger partial charge in [0.15, 0.2) is 0 Å². The molecule has 1 atom stereocenters. The van der Waals surface area contributed by atoms with Crippen LogP contribution in [0.4, 0.5) is 9.80 Å². The van der Waals surface area contributed by atoms with Crippen molar-refractivity contribution >= 4 is 40.0 Å². The average Bonchev–Trinajstić information content (AvgIpc) is 2.85. The predicted octanol–water partition coefficient (Wildman–Crippen LogP) is 1.93. The van der Waals surface area contributed by atoms with E-state index in [1.54, 1.807) is 17.8 Å². The number of imide groups is 1. The minimum absolute atomic E-state index is 0.137. The normalized spacial score (nSPS) is 20.3. The lowest BCUT2D eigenvalue weighted by atomic mass is 10.2. The lowest BCUT2D eigenvalue weighted by molar-refractivity contribution is -0.118. The third-order valence-corrected chi connectivity index (χ3v) is 3.85. The zero-order valence-corrected chi connectivity index (χ0v) is 10.4. The van der Waals surface area contributed by atoms with Gasteiger partial charge in [0, 0.05) is 0 Å². The molecule has 1 fully saturated rings. The summed E-state index contributed by atoms with van der Waals surface area (Å²) < 4.78 is 0. The molecule has 1 aromatic rings. The number of nitrogens with one attached hydrogen (secondary N) is 1. The Morgan fingerprint density at radius 2 is 2.38 bits per heavy atom. The maximum absolute atomic E-state index is 12.0. The molecular formula is C10H12N2O2S2. The van der Waals surface area contributed by atoms with Crippen molar-refractivity contribution in [3.63, 3.8) is 0 Å². The first-order chi connectivity index (χ1) is 7.74. The highest BCUT2D eigenvalue weighted by atomic mass is 32.2. The summed E-state index contributed by atoms with van der Waals surface area (Å²) in [7, 11) is 0. The second-order valence-corrected chi connectivity index (χ2v) is 5.32. The molecule has 86 valence electrons. The third-order valence-electron chi connectivity index (χ3n) is 2.36. The molecule has 1 aliphatic heterocycles. The van der Waals surface area contributed by atoms with Gasteiger partial charge in [-0.15, -0.1) is 11.3 Å². The van der Waals surface area contributed by atoms with Crippen LogP contribution in [0.25, 0.3) is 0 Å². The van der Waals surface area contributed by atoms with Gasteiger partial charge in [-0.3, -0.25) is 4.79 Å². The highest BCUT2D eigenvalue weighted by molar-refractivity contribution is 7.98. The van der Waals surface area contributed by atoms with E-state index in [0.29, 0.717) is 11.4 Å². The van der Waals surface area contributed by atoms with E-state index in [9.17, 15) is 9.59 Å². The Hall–Kier alpha value is -1.01. The topological polar surface area (TPSA) is 49.4 Å². The highest BCUT2D eigenvalue weighted by Gasteiger charge is 2.38. The number of carbonyl (C=O) groups excluding carboxylic acids is 2. The molecule has 2 rings (SSSR count). The van der Waals surface area contributed by atoms with Crippen LogP contribution in [-0.4, -0.2) is 30.0 Å². The van der Waals surface area contributed by atoms with Crippen LogP contribution in [0.5, 0.6) is 0 Å². The molecule has 2 heterocycles. The molecule has 0 spiro atoms. The van der Waals surface area contributed by atoms with Crippen molar-refractivity contribution in [3.8, 4) is 0 Å². The molecule has 1 aromatic heterocycles. The summed E-state index contributed by atoms with van der Waals surface area (Å²) in [5.41, 5.74) is 0. The van der Waals surface area contributed by atoms with Gasteiger partial charge in [-0.25, -0.2) is 9.69 Å². The van der Waals surface area contributed by atoms with Crippen molar-refractivity contribution in [2.45, 2.75) is 12.5 Å². The second kappa shape index (κ2) is 4.88. The van der Waals surface area contributed by atoms with Gasteiger partial charge in [-0.1, -0.05) is 0 Å². The average molecular weight is 256 g/mol. The second-order valence-electron chi connectivity index (χ2n) is 3.41. The summed E-state index contributed by atoms with van der Waals surface area (Å²) in [5, 5.41) is 5.25. The Morgan fingerprint density at radius 3 is 3.00 bits per heavy atom. The van der Waals surface area contributed by atoms with E-state index in [0.717, 1.165) is 5.75 Å². The predicted molar refractivity (Wildman–Crippen MR) is 67.1 cm³/mol. The maximum atomic E-state index is 12.0. The molecule has 0 unspecified atom stereocenters. The van der Waals surface area contributed by atoms with Crippen LogP contribution in [0, 0.1) is 0 Å². The van der Waals surface area contributed by atoms with E-state index in [-0.39, 0.29) is 18.0 Å². The number of carbonyl (C=O) groups is 2. The highest BCUT2D eigenvalue weighted by Crippen LogP contribution is 2.25. The fraction of sp³-hybridized carbons (Fsp3) is 0.400. The van der Waals surface area contributed by atoms with E-state index in [4.69, 9.17) is 0 Å². The van der Waals surface area contributed by atoms with Gasteiger partial charge in [0.2, 0.25) is 0 Å². The van der Waals surface area contributed by atoms with E-state index < -0.39 is 0 Å². The Bertz CT molecular complexity index is 392. The molecule has 6 heteroatoms. The van der Waals surface area contributed by atoms with Crippen LogP contribution in [0.15, 0.2) is 17.5 Å². The van der Waals surface area contributed by atoms with Crippen LogP contribution in [0.3, 0.4) is 0 Å². The van der Waals surface area contributed by atoms with Gasteiger partial charge in [0.25, 0.3) is 5.91 Å². The third kappa shape index (κ3) is 2.08. The van der Waals surface area contributed by atoms with Gasteiger partial charge in [-0.05, 0) is 35.9 Å². The van der Waals surface area contributed by atoms with Crippen molar-refractivity contribution in [1.29, 1.82) is 0 Å². The summed E-state index contributed by atoms with van der Waals surface area (Å²) in [5.74, 6) is 0.733. The van der Waals surface area contributed by atoms with Gasteiger partial charge in [0.05, 0.1) is 0 Å². The molecule has 0 bridgehead atoms. The number of amides is 3. The number of thioether (sulfide) groups is 1. The van der Waals surface area contributed by atoms with Crippen molar-refractivity contribution in [2.75, 3.05) is 16.9 Å². The first-order valence-corrected chi connectivity index (χ1v) is 7.18. The van der Waals surface area contributed by atoms with Crippen molar-refractivity contribution in [1.82, 2.24) is 5.32 Å². The lowest BCUT2D eigenvalue weighted by Gasteiger charge is -2.09. The van der Waals surface area contributed by atoms with Crippen molar-refractivity contribution in [3.05, 3.63) is 17.5 Å². The maximum Gasteiger partial charge on any atom is 0.330 e. The molecule has 3 amide bonds. The van der Waals surface area contributed by atoms with E-state index >= 15 is 0 Å². The van der Waals surface area contributed by atoms with Crippen LogP contribution >= 0.6 is 23.1 Å². The van der Waals surface area contributed by atoms with Gasteiger partial charge >= 0.3 is 6.03 Å². The Labute approximate surface area is 102 Å². The smallest absolute Gasteiger partial charge is 0.325 e. The quantitative estimate of drug-likeness (QED) is 0.837. The molecule has 1 aliphatic rings. The molecule has 1 saturated heterocycles. The lowest BCUT2D eigenvalue weighted by Crippen LogP contribution is -2.30. The minimum atomic E-state index is -0.359. The number of hydrogen-bond donors (Lipinski definition) is 1. The van der Waals surface area contributed by atoms with Gasteiger partial charge in [0.1, 0.15) is 11.0 Å². The summed E-state index contributed by atoms with van der Waals surface area (Å²) >= 11 is 3.06. The molecule has 0 saturated carbocycles. The van der Waals surface area contributed by atoms with Crippen LogP contribution in [0.2, 0.25) is 0 Å². The van der Waals surface area contributed by atoms with Crippen molar-refractivity contribution < 1.29 is 9.59 Å². The van der Waals surface area contributed by atoms with E-state index in [1.807, 2.05) is 17.7 Å². The first kappa shape index (κ1) is 11.5. The number of nitrogens with zero attached hydrogens (tertiary/aromatic N) is 1. The molecule has 1 N–H and O–H groups in total. The Balaban J connectivity index is 2.11. The number of rotatable bonds is 4. The molecule has 0 radical (unpaired) electrons. The molecule has 16 heavy (non-hydrogen) atoms. The molecule has 0 aromatic carbocycles. The van der Waals surface area contributed by atoms with Gasteiger partial charge < -0.3 is 5.32 Å². The minimum Gasteiger partial charge on any atom is -0.325 e. The van der Waals surface area contributed by atoms with Crippen molar-refractivity contribution in [2.24, 2.45) is 0 Å². The summed E-state index contributed by atoms with van der Waals surface area (Å²) in [6.07, 6.45) is 2.67. The standard InChI is InChI=1S/C10H12N2O2S2/c1-15-6-4-7-9(13)12(10(14)11-7)8-3-2-5-16-8/h2-3,5,7H,4,6H2,1H3,(H,11,14)/t7-/m0/s1. The summed E-state index contributed by atoms with van der Waals surface area (Å²) in [6, 6.07) is 2.94. The largest absolute Gasteiger partial charge is 0.330 e. The number of urea groups is 1. The van der Waals surface area contributed by atoms with Crippen LogP contribution in [-0.2, 0) is 4.79 Å². The van der Waals surface area contributed by atoms with Crippen LogP contribution in [0.1, 0.15) is 6.42 Å². The number of anilines is 1. The molecule has 0 aliphatic carbocycles. The Morgan fingerprint density at radius 1 is 1.56 bits per heavy atom.